The van der Waals surface area contributed by atoms with E-state index in [2.05, 4.69) is 17.1 Å². The van der Waals surface area contributed by atoms with E-state index in [1.807, 2.05) is 6.92 Å². The molecule has 1 saturated heterocycles. The van der Waals surface area contributed by atoms with E-state index in [9.17, 15) is 8.42 Å². The van der Waals surface area contributed by atoms with Gasteiger partial charge in [0.25, 0.3) is 0 Å². The molecule has 0 aromatic heterocycles. The van der Waals surface area contributed by atoms with Crippen molar-refractivity contribution in [3.05, 3.63) is 0 Å². The molecule has 0 bridgehead atoms. The molecule has 17 heavy (non-hydrogen) atoms. The van der Waals surface area contributed by atoms with Crippen LogP contribution < -0.4 is 5.32 Å². The Labute approximate surface area is 106 Å². The van der Waals surface area contributed by atoms with Crippen molar-refractivity contribution in [3.8, 4) is 0 Å². The highest BCUT2D eigenvalue weighted by Crippen LogP contribution is 2.07. The van der Waals surface area contributed by atoms with Crippen LogP contribution >= 0.6 is 0 Å². The van der Waals surface area contributed by atoms with Gasteiger partial charge in [0.05, 0.1) is 5.75 Å². The molecule has 4 nitrogen and oxygen atoms in total. The molecule has 0 amide bonds. The minimum Gasteiger partial charge on any atom is -0.312 e. The molecule has 0 aliphatic carbocycles. The van der Waals surface area contributed by atoms with E-state index in [1.165, 1.54) is 25.9 Å². The molecule has 102 valence electrons. The standard InChI is InChI=1S/C12H26N2O2S/c1-3-9-17(15,16)10-6-13-12(2)11-14-7-4-5-8-14/h12-13H,3-11H2,1-2H3. The largest absolute Gasteiger partial charge is 0.312 e. The summed E-state index contributed by atoms with van der Waals surface area (Å²) in [4.78, 5) is 2.44. The fraction of sp³-hybridized carbons (Fsp3) is 1.00. The lowest BCUT2D eigenvalue weighted by atomic mass is 10.3. The average molecular weight is 262 g/mol. The fourth-order valence-electron chi connectivity index (χ4n) is 2.29. The Morgan fingerprint density at radius 2 is 1.88 bits per heavy atom. The number of sulfone groups is 1. The zero-order chi connectivity index (χ0) is 12.7. The second-order valence-corrected chi connectivity index (χ2v) is 7.32. The summed E-state index contributed by atoms with van der Waals surface area (Å²) in [6.07, 6.45) is 3.32. The van der Waals surface area contributed by atoms with Gasteiger partial charge >= 0.3 is 0 Å². The van der Waals surface area contributed by atoms with E-state index in [-0.39, 0.29) is 5.75 Å². The van der Waals surface area contributed by atoms with Crippen molar-refractivity contribution in [2.75, 3.05) is 37.7 Å². The third kappa shape index (κ3) is 6.38. The molecule has 5 heteroatoms. The predicted molar refractivity (Wildman–Crippen MR) is 72.1 cm³/mol. The third-order valence-electron chi connectivity index (χ3n) is 3.15. The van der Waals surface area contributed by atoms with Crippen LogP contribution in [0.15, 0.2) is 0 Å². The average Bonchev–Trinajstić information content (AvgIpc) is 2.69. The normalized spacial score (nSPS) is 19.6. The molecule has 1 N–H and O–H groups in total. The molecule has 0 aromatic carbocycles. The molecular formula is C12H26N2O2S. The van der Waals surface area contributed by atoms with Crippen molar-refractivity contribution >= 4 is 9.84 Å². The van der Waals surface area contributed by atoms with E-state index in [1.54, 1.807) is 0 Å². The van der Waals surface area contributed by atoms with Crippen molar-refractivity contribution < 1.29 is 8.42 Å². The number of nitrogens with one attached hydrogen (secondary N) is 1. The van der Waals surface area contributed by atoms with Gasteiger partial charge in [-0.15, -0.1) is 0 Å². The minimum absolute atomic E-state index is 0.269. The van der Waals surface area contributed by atoms with E-state index in [4.69, 9.17) is 0 Å². The molecule has 1 atom stereocenters. The summed E-state index contributed by atoms with van der Waals surface area (Å²) in [5, 5.41) is 3.30. The minimum atomic E-state index is -2.83. The summed E-state index contributed by atoms with van der Waals surface area (Å²) in [6.45, 7) is 8.04. The monoisotopic (exact) mass is 262 g/mol. The maximum Gasteiger partial charge on any atom is 0.151 e. The summed E-state index contributed by atoms with van der Waals surface area (Å²) in [7, 11) is -2.83. The highest BCUT2D eigenvalue weighted by Gasteiger charge is 2.15. The molecule has 1 fully saturated rings. The van der Waals surface area contributed by atoms with Gasteiger partial charge in [-0.25, -0.2) is 8.42 Å². The van der Waals surface area contributed by atoms with Crippen LogP contribution in [-0.4, -0.2) is 57.0 Å². The summed E-state index contributed by atoms with van der Waals surface area (Å²) >= 11 is 0. The van der Waals surface area contributed by atoms with E-state index >= 15 is 0 Å². The lowest BCUT2D eigenvalue weighted by Crippen LogP contribution is -2.40. The van der Waals surface area contributed by atoms with Crippen molar-refractivity contribution in [1.82, 2.24) is 10.2 Å². The van der Waals surface area contributed by atoms with Crippen LogP contribution in [0.1, 0.15) is 33.1 Å². The highest BCUT2D eigenvalue weighted by molar-refractivity contribution is 7.91. The van der Waals surface area contributed by atoms with Crippen LogP contribution in [0.2, 0.25) is 0 Å². The zero-order valence-electron chi connectivity index (χ0n) is 11.1. The molecule has 0 aromatic rings. The Morgan fingerprint density at radius 1 is 1.24 bits per heavy atom. The molecule has 1 aliphatic heterocycles. The Balaban J connectivity index is 2.13. The van der Waals surface area contributed by atoms with Gasteiger partial charge in [-0.1, -0.05) is 6.92 Å². The van der Waals surface area contributed by atoms with Crippen LogP contribution in [0.5, 0.6) is 0 Å². The molecule has 0 radical (unpaired) electrons. The van der Waals surface area contributed by atoms with Gasteiger partial charge in [0.2, 0.25) is 0 Å². The van der Waals surface area contributed by atoms with Crippen molar-refractivity contribution in [2.45, 2.75) is 39.2 Å². The van der Waals surface area contributed by atoms with Gasteiger partial charge < -0.3 is 10.2 Å². The maximum absolute atomic E-state index is 11.5. The Kier molecular flexibility index (Phi) is 6.44. The molecule has 0 spiro atoms. The molecular weight excluding hydrogens is 236 g/mol. The predicted octanol–water partition coefficient (Wildman–Crippen LogP) is 0.885. The van der Waals surface area contributed by atoms with Crippen molar-refractivity contribution in [1.29, 1.82) is 0 Å². The Morgan fingerprint density at radius 3 is 2.47 bits per heavy atom. The first-order valence-electron chi connectivity index (χ1n) is 6.69. The van der Waals surface area contributed by atoms with E-state index < -0.39 is 9.84 Å². The van der Waals surface area contributed by atoms with Gasteiger partial charge in [0.15, 0.2) is 9.84 Å². The van der Waals surface area contributed by atoms with Crippen LogP contribution in [0.25, 0.3) is 0 Å². The molecule has 1 aliphatic rings. The summed E-state index contributed by atoms with van der Waals surface area (Å²) in [5.74, 6) is 0.584. The van der Waals surface area contributed by atoms with Gasteiger partial charge in [-0.3, -0.25) is 0 Å². The SMILES string of the molecule is CCCS(=O)(=O)CCNC(C)CN1CCCC1. The van der Waals surface area contributed by atoms with Crippen LogP contribution in [0.3, 0.4) is 0 Å². The molecule has 1 heterocycles. The molecule has 0 saturated carbocycles. The number of rotatable bonds is 8. The van der Waals surface area contributed by atoms with Crippen LogP contribution in [0, 0.1) is 0 Å². The van der Waals surface area contributed by atoms with E-state index in [0.29, 0.717) is 24.8 Å². The van der Waals surface area contributed by atoms with Gasteiger partial charge in [-0.2, -0.15) is 0 Å². The number of hydrogen-bond donors (Lipinski definition) is 1. The van der Waals surface area contributed by atoms with Crippen LogP contribution in [-0.2, 0) is 9.84 Å². The second kappa shape index (κ2) is 7.34. The quantitative estimate of drug-likeness (QED) is 0.706. The van der Waals surface area contributed by atoms with E-state index in [0.717, 1.165) is 6.54 Å². The zero-order valence-corrected chi connectivity index (χ0v) is 11.9. The topological polar surface area (TPSA) is 49.4 Å². The second-order valence-electron chi connectivity index (χ2n) is 5.01. The first-order valence-corrected chi connectivity index (χ1v) is 8.52. The Hall–Kier alpha value is -0.130. The first-order chi connectivity index (χ1) is 8.03. The third-order valence-corrected chi connectivity index (χ3v) is 5.01. The van der Waals surface area contributed by atoms with Crippen molar-refractivity contribution in [2.24, 2.45) is 0 Å². The summed E-state index contributed by atoms with van der Waals surface area (Å²) in [5.41, 5.74) is 0. The fourth-order valence-corrected chi connectivity index (χ4v) is 3.55. The first kappa shape index (κ1) is 14.9. The number of likely N-dealkylation sites (tertiary alicyclic amines) is 1. The molecule has 1 unspecified atom stereocenters. The van der Waals surface area contributed by atoms with Gasteiger partial charge in [-0.05, 0) is 39.3 Å². The smallest absolute Gasteiger partial charge is 0.151 e. The van der Waals surface area contributed by atoms with Crippen LogP contribution in [0.4, 0.5) is 0 Å². The van der Waals surface area contributed by atoms with Gasteiger partial charge in [0, 0.05) is 24.9 Å². The van der Waals surface area contributed by atoms with Gasteiger partial charge in [0.1, 0.15) is 0 Å². The van der Waals surface area contributed by atoms with Crippen molar-refractivity contribution in [3.63, 3.8) is 0 Å². The molecule has 1 rings (SSSR count). The highest BCUT2D eigenvalue weighted by atomic mass is 32.2. The maximum atomic E-state index is 11.5. The summed E-state index contributed by atoms with van der Waals surface area (Å²) in [6, 6.07) is 0.380. The lowest BCUT2D eigenvalue weighted by Gasteiger charge is -2.21. The lowest BCUT2D eigenvalue weighted by molar-refractivity contribution is 0.301. The number of hydrogen-bond acceptors (Lipinski definition) is 4. The summed E-state index contributed by atoms with van der Waals surface area (Å²) < 4.78 is 23.0. The Bertz CT molecular complexity index is 298. The number of nitrogens with zero attached hydrogens (tertiary/aromatic N) is 1.